The summed E-state index contributed by atoms with van der Waals surface area (Å²) in [6.45, 7) is 1.95. The molecular formula is C25H24N2O4. The number of aromatic nitrogens is 1. The molecule has 31 heavy (non-hydrogen) atoms. The van der Waals surface area contributed by atoms with E-state index in [4.69, 9.17) is 14.5 Å². The van der Waals surface area contributed by atoms with Crippen LogP contribution in [0.25, 0.3) is 10.9 Å². The second-order valence-corrected chi connectivity index (χ2v) is 8.02. The molecule has 1 saturated heterocycles. The lowest BCUT2D eigenvalue weighted by atomic mass is 10.0. The molecule has 0 unspecified atom stereocenters. The number of ether oxygens (including phenoxy) is 2. The lowest BCUT2D eigenvalue weighted by Crippen LogP contribution is -2.44. The minimum atomic E-state index is -0.997. The van der Waals surface area contributed by atoms with Gasteiger partial charge in [-0.3, -0.25) is 9.78 Å². The van der Waals surface area contributed by atoms with E-state index in [1.165, 1.54) is 0 Å². The van der Waals surface area contributed by atoms with E-state index in [9.17, 15) is 9.59 Å². The van der Waals surface area contributed by atoms with Gasteiger partial charge in [0.1, 0.15) is 0 Å². The average Bonchev–Trinajstić information content (AvgIpc) is 3.68. The van der Waals surface area contributed by atoms with E-state index in [0.29, 0.717) is 43.3 Å². The second-order valence-electron chi connectivity index (χ2n) is 8.02. The maximum atomic E-state index is 13.4. The Morgan fingerprint density at radius 2 is 1.71 bits per heavy atom. The largest absolute Gasteiger partial charge is 0.444 e. The molecule has 6 heteroatoms. The molecule has 1 aromatic heterocycles. The first-order valence-corrected chi connectivity index (χ1v) is 10.7. The molecule has 1 aliphatic heterocycles. The van der Waals surface area contributed by atoms with Gasteiger partial charge in [-0.2, -0.15) is 0 Å². The van der Waals surface area contributed by atoms with Crippen molar-refractivity contribution in [2.45, 2.75) is 24.9 Å². The van der Waals surface area contributed by atoms with E-state index in [-0.39, 0.29) is 5.91 Å². The zero-order chi connectivity index (χ0) is 21.2. The van der Waals surface area contributed by atoms with Gasteiger partial charge in [0.2, 0.25) is 6.10 Å². The number of amides is 1. The van der Waals surface area contributed by atoms with E-state index >= 15 is 0 Å². The standard InChI is InChI=1S/C25H24N2O4/c28-24(27-12-14-30-15-13-27)23(18-6-2-1-3-7-18)31-25(29)20-16-22(17-10-11-17)26-21-9-5-4-8-19(20)21/h1-9,16-17,23H,10-15H2/t23-/m1/s1. The normalized spacial score (nSPS) is 17.4. The van der Waals surface area contributed by atoms with Crippen molar-refractivity contribution in [3.63, 3.8) is 0 Å². The van der Waals surface area contributed by atoms with Crippen molar-refractivity contribution in [3.05, 3.63) is 77.5 Å². The molecular weight excluding hydrogens is 392 g/mol. The van der Waals surface area contributed by atoms with Crippen LogP contribution in [0.5, 0.6) is 0 Å². The van der Waals surface area contributed by atoms with Crippen LogP contribution in [0.2, 0.25) is 0 Å². The van der Waals surface area contributed by atoms with E-state index in [2.05, 4.69) is 0 Å². The topological polar surface area (TPSA) is 68.7 Å². The van der Waals surface area contributed by atoms with Crippen LogP contribution in [0.1, 0.15) is 46.5 Å². The van der Waals surface area contributed by atoms with Gasteiger partial charge >= 0.3 is 5.97 Å². The van der Waals surface area contributed by atoms with Crippen LogP contribution in [-0.4, -0.2) is 48.1 Å². The Labute approximate surface area is 180 Å². The molecule has 2 fully saturated rings. The Kier molecular flexibility index (Phi) is 5.38. The number of carbonyl (C=O) groups excluding carboxylic acids is 2. The number of pyridine rings is 1. The molecule has 2 aromatic carbocycles. The van der Waals surface area contributed by atoms with Gasteiger partial charge in [-0.15, -0.1) is 0 Å². The zero-order valence-corrected chi connectivity index (χ0v) is 17.2. The number of hydrogen-bond acceptors (Lipinski definition) is 5. The molecule has 6 nitrogen and oxygen atoms in total. The van der Waals surface area contributed by atoms with Crippen molar-refractivity contribution in [2.24, 2.45) is 0 Å². The Morgan fingerprint density at radius 1 is 1.00 bits per heavy atom. The van der Waals surface area contributed by atoms with Gasteiger partial charge in [0.05, 0.1) is 24.3 Å². The van der Waals surface area contributed by atoms with Crippen molar-refractivity contribution >= 4 is 22.8 Å². The molecule has 2 heterocycles. The first-order valence-electron chi connectivity index (χ1n) is 10.7. The highest BCUT2D eigenvalue weighted by molar-refractivity contribution is 6.04. The van der Waals surface area contributed by atoms with Crippen LogP contribution in [0.4, 0.5) is 0 Å². The molecule has 0 bridgehead atoms. The Bertz CT molecular complexity index is 1100. The van der Waals surface area contributed by atoms with Crippen molar-refractivity contribution in [1.29, 1.82) is 0 Å². The second kappa shape index (κ2) is 8.47. The molecule has 1 aliphatic carbocycles. The number of morpholine rings is 1. The highest BCUT2D eigenvalue weighted by Crippen LogP contribution is 2.40. The third kappa shape index (κ3) is 4.16. The minimum Gasteiger partial charge on any atom is -0.444 e. The molecule has 158 valence electrons. The average molecular weight is 416 g/mol. The first kappa shape index (κ1) is 19.7. The number of esters is 1. The van der Waals surface area contributed by atoms with E-state index < -0.39 is 12.1 Å². The molecule has 3 aromatic rings. The Morgan fingerprint density at radius 3 is 2.45 bits per heavy atom. The van der Waals surface area contributed by atoms with Crippen LogP contribution in [0, 0.1) is 0 Å². The van der Waals surface area contributed by atoms with Gasteiger partial charge in [-0.1, -0.05) is 48.5 Å². The summed E-state index contributed by atoms with van der Waals surface area (Å²) < 4.78 is 11.3. The molecule has 1 saturated carbocycles. The number of nitrogens with zero attached hydrogens (tertiary/aromatic N) is 2. The van der Waals surface area contributed by atoms with Crippen molar-refractivity contribution in [1.82, 2.24) is 9.88 Å². The minimum absolute atomic E-state index is 0.219. The number of benzene rings is 2. The monoisotopic (exact) mass is 416 g/mol. The van der Waals surface area contributed by atoms with Crippen molar-refractivity contribution in [2.75, 3.05) is 26.3 Å². The quantitative estimate of drug-likeness (QED) is 0.591. The fourth-order valence-electron chi connectivity index (χ4n) is 3.96. The predicted octanol–water partition coefficient (Wildman–Crippen LogP) is 3.87. The van der Waals surface area contributed by atoms with Crippen LogP contribution < -0.4 is 0 Å². The lowest BCUT2D eigenvalue weighted by Gasteiger charge is -2.30. The van der Waals surface area contributed by atoms with Crippen LogP contribution in [0.15, 0.2) is 60.7 Å². The number of fused-ring (bicyclic) bond motifs is 1. The molecule has 5 rings (SSSR count). The molecule has 0 radical (unpaired) electrons. The summed E-state index contributed by atoms with van der Waals surface area (Å²) in [7, 11) is 0. The summed E-state index contributed by atoms with van der Waals surface area (Å²) in [5.41, 5.74) is 2.81. The lowest BCUT2D eigenvalue weighted by molar-refractivity contribution is -0.145. The summed E-state index contributed by atoms with van der Waals surface area (Å²) in [6, 6.07) is 18.6. The van der Waals surface area contributed by atoms with Gasteiger partial charge in [0.25, 0.3) is 5.91 Å². The van der Waals surface area contributed by atoms with E-state index in [1.54, 1.807) is 4.90 Å². The fraction of sp³-hybridized carbons (Fsp3) is 0.320. The van der Waals surface area contributed by atoms with E-state index in [0.717, 1.165) is 29.4 Å². The molecule has 0 N–H and O–H groups in total. The van der Waals surface area contributed by atoms with E-state index in [1.807, 2.05) is 60.7 Å². The summed E-state index contributed by atoms with van der Waals surface area (Å²) >= 11 is 0. The van der Waals surface area contributed by atoms with Gasteiger partial charge in [-0.05, 0) is 25.0 Å². The summed E-state index contributed by atoms with van der Waals surface area (Å²) in [5, 5.41) is 0.738. The summed E-state index contributed by atoms with van der Waals surface area (Å²) in [6.07, 6.45) is 1.17. The number of rotatable bonds is 5. The predicted molar refractivity (Wildman–Crippen MR) is 116 cm³/mol. The van der Waals surface area contributed by atoms with Gasteiger partial charge in [-0.25, -0.2) is 4.79 Å². The zero-order valence-electron chi connectivity index (χ0n) is 17.2. The molecule has 2 aliphatic rings. The van der Waals surface area contributed by atoms with Crippen LogP contribution in [-0.2, 0) is 14.3 Å². The maximum Gasteiger partial charge on any atom is 0.340 e. The summed E-state index contributed by atoms with van der Waals surface area (Å²) in [5.74, 6) is -0.323. The van der Waals surface area contributed by atoms with Gasteiger partial charge in [0, 0.05) is 35.7 Å². The SMILES string of the molecule is O=C(O[C@@H](C(=O)N1CCOCC1)c1ccccc1)c1cc(C2CC2)nc2ccccc12. The number of carbonyl (C=O) groups is 2. The van der Waals surface area contributed by atoms with Gasteiger partial charge in [0.15, 0.2) is 0 Å². The van der Waals surface area contributed by atoms with Crippen molar-refractivity contribution in [3.8, 4) is 0 Å². The molecule has 0 spiro atoms. The number of hydrogen-bond donors (Lipinski definition) is 0. The maximum absolute atomic E-state index is 13.4. The smallest absolute Gasteiger partial charge is 0.340 e. The van der Waals surface area contributed by atoms with Crippen LogP contribution in [0.3, 0.4) is 0 Å². The van der Waals surface area contributed by atoms with Gasteiger partial charge < -0.3 is 14.4 Å². The Balaban J connectivity index is 1.49. The first-order chi connectivity index (χ1) is 15.2. The highest BCUT2D eigenvalue weighted by atomic mass is 16.5. The molecule has 1 atom stereocenters. The summed E-state index contributed by atoms with van der Waals surface area (Å²) in [4.78, 5) is 33.1. The Hall–Kier alpha value is -3.25. The number of para-hydroxylation sites is 1. The van der Waals surface area contributed by atoms with Crippen LogP contribution >= 0.6 is 0 Å². The van der Waals surface area contributed by atoms with Crippen molar-refractivity contribution < 1.29 is 19.1 Å². The third-order valence-electron chi connectivity index (χ3n) is 5.83. The highest BCUT2D eigenvalue weighted by Gasteiger charge is 2.32. The fourth-order valence-corrected chi connectivity index (χ4v) is 3.96. The molecule has 1 amide bonds. The third-order valence-corrected chi connectivity index (χ3v) is 5.83.